The number of aromatic nitrogens is 2. The van der Waals surface area contributed by atoms with E-state index in [9.17, 15) is 0 Å². The standard InChI is InChI=1S/C28H22N2Si/c1-4-13-24(14-5-1)31(25-15-6-2-7-16-25,26-17-8-3-9-18-26)27-19-10-12-23(22-27)28-29-20-11-21-30-28/h1-22H. The molecule has 3 heteroatoms. The van der Waals surface area contributed by atoms with Gasteiger partial charge >= 0.3 is 0 Å². The van der Waals surface area contributed by atoms with E-state index in [-0.39, 0.29) is 0 Å². The van der Waals surface area contributed by atoms with Crippen molar-refractivity contribution < 1.29 is 0 Å². The van der Waals surface area contributed by atoms with E-state index >= 15 is 0 Å². The minimum atomic E-state index is -2.52. The Hall–Kier alpha value is -3.82. The van der Waals surface area contributed by atoms with E-state index < -0.39 is 8.07 Å². The number of benzene rings is 4. The summed E-state index contributed by atoms with van der Waals surface area (Å²) in [6.07, 6.45) is 3.59. The molecule has 0 bridgehead atoms. The third kappa shape index (κ3) is 3.49. The van der Waals surface area contributed by atoms with Crippen LogP contribution in [0, 0.1) is 0 Å². The highest BCUT2D eigenvalue weighted by Gasteiger charge is 2.41. The van der Waals surface area contributed by atoms with Gasteiger partial charge in [-0.3, -0.25) is 0 Å². The summed E-state index contributed by atoms with van der Waals surface area (Å²) in [5.74, 6) is 0.751. The SMILES string of the molecule is c1ccc([Si](c2ccccc2)(c2ccccc2)c2cccc(-c3ncccn3)c2)cc1. The summed E-state index contributed by atoms with van der Waals surface area (Å²) >= 11 is 0. The molecule has 5 aromatic rings. The first-order valence-electron chi connectivity index (χ1n) is 10.4. The minimum absolute atomic E-state index is 0.751. The molecular weight excluding hydrogens is 392 g/mol. The molecule has 1 aromatic heterocycles. The highest BCUT2D eigenvalue weighted by molar-refractivity contribution is 7.19. The Kier molecular flexibility index (Phi) is 5.25. The van der Waals surface area contributed by atoms with Crippen molar-refractivity contribution in [1.82, 2.24) is 9.97 Å². The Bertz CT molecular complexity index is 1160. The van der Waals surface area contributed by atoms with Gasteiger partial charge in [0.15, 0.2) is 13.9 Å². The molecule has 0 saturated carbocycles. The van der Waals surface area contributed by atoms with Gasteiger partial charge in [-0.05, 0) is 26.8 Å². The van der Waals surface area contributed by atoms with E-state index in [0.717, 1.165) is 11.4 Å². The fraction of sp³-hybridized carbons (Fsp3) is 0. The van der Waals surface area contributed by atoms with Crippen LogP contribution in [0.4, 0.5) is 0 Å². The number of nitrogens with zero attached hydrogens (tertiary/aromatic N) is 2. The Morgan fingerprint density at radius 3 is 1.35 bits per heavy atom. The third-order valence-electron chi connectivity index (χ3n) is 5.74. The fourth-order valence-electron chi connectivity index (χ4n) is 4.40. The number of rotatable bonds is 5. The minimum Gasteiger partial charge on any atom is -0.237 e. The molecule has 0 saturated heterocycles. The molecule has 0 amide bonds. The van der Waals surface area contributed by atoms with Crippen molar-refractivity contribution in [3.8, 4) is 11.4 Å². The summed E-state index contributed by atoms with van der Waals surface area (Å²) in [4.78, 5) is 8.99. The second-order valence-electron chi connectivity index (χ2n) is 7.50. The average Bonchev–Trinajstić information content (AvgIpc) is 2.87. The topological polar surface area (TPSA) is 25.8 Å². The molecule has 2 nitrogen and oxygen atoms in total. The summed E-state index contributed by atoms with van der Waals surface area (Å²) in [5.41, 5.74) is 1.04. The van der Waals surface area contributed by atoms with Gasteiger partial charge in [-0.25, -0.2) is 9.97 Å². The van der Waals surface area contributed by atoms with E-state index in [0.29, 0.717) is 0 Å². The summed E-state index contributed by atoms with van der Waals surface area (Å²) < 4.78 is 0. The maximum atomic E-state index is 4.49. The molecule has 0 aliphatic heterocycles. The Labute approximate surface area is 183 Å². The molecule has 0 spiro atoms. The van der Waals surface area contributed by atoms with Gasteiger partial charge in [-0.2, -0.15) is 0 Å². The highest BCUT2D eigenvalue weighted by Crippen LogP contribution is 2.15. The highest BCUT2D eigenvalue weighted by atomic mass is 28.3. The zero-order chi connectivity index (χ0) is 20.9. The van der Waals surface area contributed by atoms with E-state index in [1.165, 1.54) is 20.7 Å². The van der Waals surface area contributed by atoms with Gasteiger partial charge in [0.25, 0.3) is 0 Å². The largest absolute Gasteiger partial charge is 0.237 e. The van der Waals surface area contributed by atoms with Crippen LogP contribution in [0.2, 0.25) is 0 Å². The van der Waals surface area contributed by atoms with Crippen LogP contribution in [-0.4, -0.2) is 18.0 Å². The van der Waals surface area contributed by atoms with Crippen molar-refractivity contribution in [2.24, 2.45) is 0 Å². The number of hydrogen-bond donors (Lipinski definition) is 0. The zero-order valence-corrected chi connectivity index (χ0v) is 18.1. The first-order chi connectivity index (χ1) is 15.4. The van der Waals surface area contributed by atoms with Crippen LogP contribution in [0.5, 0.6) is 0 Å². The lowest BCUT2D eigenvalue weighted by Crippen LogP contribution is -2.74. The molecule has 1 heterocycles. The summed E-state index contributed by atoms with van der Waals surface area (Å²) in [6, 6.07) is 43.4. The summed E-state index contributed by atoms with van der Waals surface area (Å²) in [7, 11) is -2.52. The van der Waals surface area contributed by atoms with Gasteiger partial charge in [0, 0.05) is 18.0 Å². The molecule has 31 heavy (non-hydrogen) atoms. The molecule has 0 aliphatic carbocycles. The van der Waals surface area contributed by atoms with Gasteiger partial charge in [0.05, 0.1) is 0 Å². The van der Waals surface area contributed by atoms with Crippen LogP contribution in [0.1, 0.15) is 0 Å². The van der Waals surface area contributed by atoms with Crippen molar-refractivity contribution >= 4 is 28.8 Å². The number of hydrogen-bond acceptors (Lipinski definition) is 2. The van der Waals surface area contributed by atoms with Gasteiger partial charge in [0.2, 0.25) is 0 Å². The lowest BCUT2D eigenvalue weighted by Gasteiger charge is -2.34. The van der Waals surface area contributed by atoms with Crippen molar-refractivity contribution in [3.05, 3.63) is 134 Å². The smallest absolute Gasteiger partial charge is 0.179 e. The van der Waals surface area contributed by atoms with Crippen LogP contribution in [0.15, 0.2) is 134 Å². The fourth-order valence-corrected chi connectivity index (χ4v) is 9.20. The zero-order valence-electron chi connectivity index (χ0n) is 17.1. The Morgan fingerprint density at radius 2 is 0.871 bits per heavy atom. The van der Waals surface area contributed by atoms with Crippen molar-refractivity contribution in [3.63, 3.8) is 0 Å². The molecule has 0 radical (unpaired) electrons. The molecule has 148 valence electrons. The maximum absolute atomic E-state index is 4.49. The van der Waals surface area contributed by atoms with E-state index in [4.69, 9.17) is 0 Å². The lowest BCUT2D eigenvalue weighted by molar-refractivity contribution is 1.18. The Balaban J connectivity index is 1.85. The third-order valence-corrected chi connectivity index (χ3v) is 10.5. The van der Waals surface area contributed by atoms with Gasteiger partial charge in [0.1, 0.15) is 0 Å². The summed E-state index contributed by atoms with van der Waals surface area (Å²) in [6.45, 7) is 0. The van der Waals surface area contributed by atoms with Gasteiger partial charge in [-0.15, -0.1) is 0 Å². The molecule has 0 fully saturated rings. The normalized spacial score (nSPS) is 11.2. The quantitative estimate of drug-likeness (QED) is 0.325. The van der Waals surface area contributed by atoms with Crippen LogP contribution in [-0.2, 0) is 0 Å². The van der Waals surface area contributed by atoms with Crippen LogP contribution in [0.25, 0.3) is 11.4 Å². The second kappa shape index (κ2) is 8.50. The monoisotopic (exact) mass is 414 g/mol. The molecule has 4 aromatic carbocycles. The summed E-state index contributed by atoms with van der Waals surface area (Å²) in [5, 5.41) is 5.40. The predicted molar refractivity (Wildman–Crippen MR) is 131 cm³/mol. The predicted octanol–water partition coefficient (Wildman–Crippen LogP) is 3.52. The molecule has 5 rings (SSSR count). The van der Waals surface area contributed by atoms with Crippen LogP contribution < -0.4 is 20.7 Å². The van der Waals surface area contributed by atoms with Crippen LogP contribution >= 0.6 is 0 Å². The van der Waals surface area contributed by atoms with Crippen molar-refractivity contribution in [2.75, 3.05) is 0 Å². The van der Waals surface area contributed by atoms with Gasteiger partial charge < -0.3 is 0 Å². The lowest BCUT2D eigenvalue weighted by atomic mass is 10.2. The molecule has 0 N–H and O–H groups in total. The molecular formula is C28H22N2Si. The average molecular weight is 415 g/mol. The first-order valence-corrected chi connectivity index (χ1v) is 12.4. The first kappa shape index (κ1) is 19.2. The van der Waals surface area contributed by atoms with E-state index in [1.807, 2.05) is 6.07 Å². The molecule has 0 aliphatic rings. The van der Waals surface area contributed by atoms with E-state index in [2.05, 4.69) is 125 Å². The maximum Gasteiger partial charge on any atom is 0.179 e. The molecule has 0 atom stereocenters. The van der Waals surface area contributed by atoms with E-state index in [1.54, 1.807) is 12.4 Å². The van der Waals surface area contributed by atoms with Gasteiger partial charge in [-0.1, -0.05) is 115 Å². The van der Waals surface area contributed by atoms with Crippen molar-refractivity contribution in [1.29, 1.82) is 0 Å². The van der Waals surface area contributed by atoms with Crippen molar-refractivity contribution in [2.45, 2.75) is 0 Å². The Morgan fingerprint density at radius 1 is 0.419 bits per heavy atom. The molecule has 0 unspecified atom stereocenters. The second-order valence-corrected chi connectivity index (χ2v) is 11.3. The van der Waals surface area contributed by atoms with Crippen LogP contribution in [0.3, 0.4) is 0 Å².